The number of benzene rings is 2. The molecule has 1 saturated heterocycles. The van der Waals surface area contributed by atoms with Gasteiger partial charge in [0.05, 0.1) is 23.9 Å². The van der Waals surface area contributed by atoms with Gasteiger partial charge in [-0.05, 0) is 18.6 Å². The molecular formula is C26H27NO9. The molecule has 2 aromatic rings. The molecule has 0 bridgehead atoms. The number of ether oxygens (including phenoxy) is 2. The summed E-state index contributed by atoms with van der Waals surface area (Å²) in [5.74, 6) is -2.31. The summed E-state index contributed by atoms with van der Waals surface area (Å²) in [6.07, 6.45) is -4.20. The number of rotatable bonds is 4. The number of nitrogens with two attached hydrogens (primary N) is 1. The average molecular weight is 498 g/mol. The van der Waals surface area contributed by atoms with Gasteiger partial charge in [-0.15, -0.1) is 0 Å². The summed E-state index contributed by atoms with van der Waals surface area (Å²) in [4.78, 5) is 39.0. The van der Waals surface area contributed by atoms with Crippen molar-refractivity contribution in [2.75, 3.05) is 6.61 Å². The van der Waals surface area contributed by atoms with Crippen molar-refractivity contribution in [1.82, 2.24) is 0 Å². The topological polar surface area (TPSA) is 177 Å². The molecule has 0 amide bonds. The van der Waals surface area contributed by atoms with Crippen molar-refractivity contribution < 1.29 is 44.3 Å². The van der Waals surface area contributed by atoms with Crippen LogP contribution in [0.3, 0.4) is 0 Å². The fourth-order valence-electron chi connectivity index (χ4n) is 5.44. The van der Waals surface area contributed by atoms with E-state index in [0.29, 0.717) is 0 Å². The van der Waals surface area contributed by atoms with E-state index in [0.717, 1.165) is 0 Å². The van der Waals surface area contributed by atoms with Crippen molar-refractivity contribution >= 4 is 17.3 Å². The van der Waals surface area contributed by atoms with E-state index < -0.39 is 66.0 Å². The third kappa shape index (κ3) is 3.78. The van der Waals surface area contributed by atoms with E-state index in [1.807, 2.05) is 0 Å². The van der Waals surface area contributed by atoms with Crippen LogP contribution in [0.5, 0.6) is 5.75 Å². The molecule has 6 unspecified atom stereocenters. The molecule has 1 fully saturated rings. The minimum absolute atomic E-state index is 0.0397. The minimum Gasteiger partial charge on any atom is -0.507 e. The predicted molar refractivity (Wildman–Crippen MR) is 124 cm³/mol. The molecule has 0 spiro atoms. The van der Waals surface area contributed by atoms with Gasteiger partial charge in [0.1, 0.15) is 18.0 Å². The van der Waals surface area contributed by atoms with Gasteiger partial charge in [-0.2, -0.15) is 0 Å². The minimum atomic E-state index is -2.05. The van der Waals surface area contributed by atoms with E-state index in [4.69, 9.17) is 15.2 Å². The van der Waals surface area contributed by atoms with E-state index in [2.05, 4.69) is 0 Å². The molecule has 1 aliphatic heterocycles. The number of phenolic OH excluding ortho intramolecular Hbond substituents is 1. The lowest BCUT2D eigenvalue weighted by atomic mass is 9.72. The van der Waals surface area contributed by atoms with E-state index in [-0.39, 0.29) is 52.6 Å². The SMILES string of the molecule is CC1OC(OC2CC(O)(C(=O)CO)Cc3cc4c(c(O)c32)C(=O)c2ccccc2C4=O)CC(N)C1O. The lowest BCUT2D eigenvalue weighted by Gasteiger charge is -2.42. The lowest BCUT2D eigenvalue weighted by molar-refractivity contribution is -0.247. The van der Waals surface area contributed by atoms with Gasteiger partial charge in [0.2, 0.25) is 0 Å². The van der Waals surface area contributed by atoms with Crippen molar-refractivity contribution in [3.8, 4) is 5.75 Å². The Balaban J connectivity index is 1.62. The normalized spacial score (nSPS) is 31.4. The fourth-order valence-corrected chi connectivity index (χ4v) is 5.44. The molecule has 10 nitrogen and oxygen atoms in total. The van der Waals surface area contributed by atoms with Crippen LogP contribution < -0.4 is 5.73 Å². The zero-order valence-electron chi connectivity index (χ0n) is 19.5. The van der Waals surface area contributed by atoms with E-state index in [1.165, 1.54) is 18.2 Å². The van der Waals surface area contributed by atoms with Gasteiger partial charge >= 0.3 is 0 Å². The second-order valence-corrected chi connectivity index (χ2v) is 9.70. The molecule has 2 aromatic carbocycles. The zero-order chi connectivity index (χ0) is 25.9. The van der Waals surface area contributed by atoms with Crippen LogP contribution in [0.4, 0.5) is 0 Å². The van der Waals surface area contributed by atoms with Crippen LogP contribution in [0.15, 0.2) is 30.3 Å². The van der Waals surface area contributed by atoms with Crippen molar-refractivity contribution in [1.29, 1.82) is 0 Å². The van der Waals surface area contributed by atoms with Crippen molar-refractivity contribution in [2.24, 2.45) is 5.73 Å². The molecule has 36 heavy (non-hydrogen) atoms. The van der Waals surface area contributed by atoms with Gasteiger partial charge in [-0.25, -0.2) is 0 Å². The quantitative estimate of drug-likeness (QED) is 0.337. The Morgan fingerprint density at radius 1 is 1.19 bits per heavy atom. The molecule has 0 saturated carbocycles. The van der Waals surface area contributed by atoms with Crippen LogP contribution in [0.2, 0.25) is 0 Å². The van der Waals surface area contributed by atoms with Crippen LogP contribution in [0.25, 0.3) is 0 Å². The summed E-state index contributed by atoms with van der Waals surface area (Å²) < 4.78 is 11.8. The van der Waals surface area contributed by atoms with Gasteiger partial charge < -0.3 is 35.6 Å². The number of aliphatic hydroxyl groups excluding tert-OH is 2. The Labute approximate surface area is 206 Å². The summed E-state index contributed by atoms with van der Waals surface area (Å²) in [5, 5.41) is 42.1. The number of aliphatic hydroxyl groups is 3. The van der Waals surface area contributed by atoms with E-state index in [9.17, 15) is 34.8 Å². The Morgan fingerprint density at radius 2 is 1.86 bits per heavy atom. The highest BCUT2D eigenvalue weighted by molar-refractivity contribution is 6.29. The monoisotopic (exact) mass is 497 g/mol. The number of aromatic hydroxyl groups is 1. The number of Topliss-reactive ketones (excluding diaryl/α,β-unsaturated/α-hetero) is 1. The number of hydrogen-bond acceptors (Lipinski definition) is 10. The smallest absolute Gasteiger partial charge is 0.198 e. The van der Waals surface area contributed by atoms with Gasteiger partial charge in [0.25, 0.3) is 0 Å². The van der Waals surface area contributed by atoms with E-state index >= 15 is 0 Å². The van der Waals surface area contributed by atoms with Crippen LogP contribution >= 0.6 is 0 Å². The molecule has 5 rings (SSSR count). The molecule has 0 aromatic heterocycles. The second-order valence-electron chi connectivity index (χ2n) is 9.70. The van der Waals surface area contributed by atoms with Crippen molar-refractivity contribution in [2.45, 2.75) is 62.4 Å². The maximum absolute atomic E-state index is 13.3. The number of fused-ring (bicyclic) bond motifs is 3. The molecule has 6 atom stereocenters. The lowest BCUT2D eigenvalue weighted by Crippen LogP contribution is -2.53. The number of ketones is 3. The van der Waals surface area contributed by atoms with Crippen molar-refractivity contribution in [3.05, 3.63) is 63.7 Å². The Bertz CT molecular complexity index is 1260. The average Bonchev–Trinajstić information content (AvgIpc) is 2.84. The molecular weight excluding hydrogens is 470 g/mol. The first kappa shape index (κ1) is 24.7. The third-order valence-electron chi connectivity index (χ3n) is 7.37. The summed E-state index contributed by atoms with van der Waals surface area (Å²) in [5.41, 5.74) is 4.49. The first-order valence-corrected chi connectivity index (χ1v) is 11.7. The summed E-state index contributed by atoms with van der Waals surface area (Å²) in [6, 6.07) is 7.01. The Morgan fingerprint density at radius 3 is 2.50 bits per heavy atom. The van der Waals surface area contributed by atoms with Gasteiger partial charge in [0, 0.05) is 47.6 Å². The Hall–Kier alpha value is -2.99. The highest BCUT2D eigenvalue weighted by Crippen LogP contribution is 2.48. The fraction of sp³-hybridized carbons (Fsp3) is 0.423. The first-order chi connectivity index (χ1) is 17.1. The van der Waals surface area contributed by atoms with Crippen molar-refractivity contribution in [3.63, 3.8) is 0 Å². The molecule has 6 N–H and O–H groups in total. The van der Waals surface area contributed by atoms with Crippen LogP contribution in [0.1, 0.15) is 68.8 Å². The van der Waals surface area contributed by atoms with Gasteiger partial charge in [0.15, 0.2) is 23.6 Å². The number of carbonyl (C=O) groups is 3. The maximum Gasteiger partial charge on any atom is 0.198 e. The van der Waals surface area contributed by atoms with E-state index in [1.54, 1.807) is 19.1 Å². The number of carbonyl (C=O) groups excluding carboxylic acids is 3. The molecule has 10 heteroatoms. The summed E-state index contributed by atoms with van der Waals surface area (Å²) in [6.45, 7) is 0.699. The predicted octanol–water partition coefficient (Wildman–Crippen LogP) is 0.287. The molecule has 3 aliphatic rings. The molecule has 0 radical (unpaired) electrons. The zero-order valence-corrected chi connectivity index (χ0v) is 19.5. The molecule has 190 valence electrons. The maximum atomic E-state index is 13.3. The molecule has 2 aliphatic carbocycles. The van der Waals surface area contributed by atoms with Crippen LogP contribution in [-0.4, -0.2) is 74.5 Å². The summed E-state index contributed by atoms with van der Waals surface area (Å²) >= 11 is 0. The Kier molecular flexibility index (Phi) is 6.06. The van der Waals surface area contributed by atoms with Gasteiger partial charge in [-0.1, -0.05) is 24.3 Å². The van der Waals surface area contributed by atoms with Gasteiger partial charge in [-0.3, -0.25) is 14.4 Å². The number of hydrogen-bond donors (Lipinski definition) is 5. The highest BCUT2D eigenvalue weighted by atomic mass is 16.7. The highest BCUT2D eigenvalue weighted by Gasteiger charge is 2.48. The third-order valence-corrected chi connectivity index (χ3v) is 7.37. The largest absolute Gasteiger partial charge is 0.507 e. The molecule has 1 heterocycles. The second kappa shape index (κ2) is 8.84. The standard InChI is InChI=1S/C26H27NO9/c1-11-22(30)16(27)7-19(35-11)36-17-9-26(34,18(29)10-28)8-12-6-15-21(25(33)20(12)17)24(32)14-5-3-2-4-13(14)23(15)31/h2-6,11,16-17,19,22,28,30,33-34H,7-10,27H2,1H3. The number of phenols is 1. The first-order valence-electron chi connectivity index (χ1n) is 11.7. The van der Waals surface area contributed by atoms with Crippen LogP contribution in [-0.2, 0) is 20.7 Å². The van der Waals surface area contributed by atoms with Crippen LogP contribution in [0, 0.1) is 0 Å². The summed E-state index contributed by atoms with van der Waals surface area (Å²) in [7, 11) is 0.